The second-order valence-electron chi connectivity index (χ2n) is 7.27. The lowest BCUT2D eigenvalue weighted by Crippen LogP contribution is -2.45. The quantitative estimate of drug-likeness (QED) is 0.652. The Kier molecular flexibility index (Phi) is 6.32. The Morgan fingerprint density at radius 1 is 1.26 bits per heavy atom. The Balaban J connectivity index is 1.54. The molecule has 5 nitrogen and oxygen atoms in total. The zero-order valence-corrected chi connectivity index (χ0v) is 16.8. The Morgan fingerprint density at radius 2 is 1.96 bits per heavy atom. The van der Waals surface area contributed by atoms with Crippen LogP contribution >= 0.6 is 0 Å². The number of nitrogens with zero attached hydrogens (tertiary/aromatic N) is 3. The minimum absolute atomic E-state index is 0.325. The van der Waals surface area contributed by atoms with Gasteiger partial charge in [-0.05, 0) is 32.3 Å². The van der Waals surface area contributed by atoms with Crippen LogP contribution in [0.4, 0.5) is 0 Å². The van der Waals surface area contributed by atoms with Gasteiger partial charge in [0.15, 0.2) is 5.96 Å². The van der Waals surface area contributed by atoms with Gasteiger partial charge in [-0.3, -0.25) is 4.99 Å². The first-order valence-electron chi connectivity index (χ1n) is 9.71. The molecule has 1 atom stereocenters. The molecular weight excluding hydrogens is 336 g/mol. The van der Waals surface area contributed by atoms with Gasteiger partial charge in [0.25, 0.3) is 0 Å². The topological polar surface area (TPSA) is 53.7 Å². The Morgan fingerprint density at radius 3 is 2.56 bits per heavy atom. The highest BCUT2D eigenvalue weighted by Crippen LogP contribution is 2.23. The minimum Gasteiger partial charge on any atom is -0.361 e. The lowest BCUT2D eigenvalue weighted by Gasteiger charge is -2.32. The van der Waals surface area contributed by atoms with Crippen molar-refractivity contribution in [2.75, 3.05) is 26.7 Å². The smallest absolute Gasteiger partial charge is 0.193 e. The molecule has 0 amide bonds. The summed E-state index contributed by atoms with van der Waals surface area (Å²) >= 11 is 0. The van der Waals surface area contributed by atoms with Gasteiger partial charge in [0, 0.05) is 38.2 Å². The van der Waals surface area contributed by atoms with Crippen molar-refractivity contribution in [2.45, 2.75) is 39.5 Å². The van der Waals surface area contributed by atoms with E-state index in [2.05, 4.69) is 63.7 Å². The van der Waals surface area contributed by atoms with Crippen molar-refractivity contribution in [3.05, 3.63) is 58.5 Å². The third-order valence-electron chi connectivity index (χ3n) is 5.24. The first-order chi connectivity index (χ1) is 13.1. The molecule has 0 aliphatic carbocycles. The number of rotatable bonds is 4. The van der Waals surface area contributed by atoms with Crippen LogP contribution in [-0.4, -0.2) is 42.7 Å². The van der Waals surface area contributed by atoms with Crippen molar-refractivity contribution in [1.29, 1.82) is 0 Å². The zero-order valence-electron chi connectivity index (χ0n) is 16.8. The molecule has 3 rings (SSSR count). The van der Waals surface area contributed by atoms with E-state index in [1.54, 1.807) is 0 Å². The van der Waals surface area contributed by atoms with Gasteiger partial charge in [-0.25, -0.2) is 0 Å². The molecule has 1 unspecified atom stereocenters. The summed E-state index contributed by atoms with van der Waals surface area (Å²) in [6.07, 6.45) is 4.48. The van der Waals surface area contributed by atoms with Crippen LogP contribution < -0.4 is 5.32 Å². The normalized spacial score (nSPS) is 16.4. The van der Waals surface area contributed by atoms with Crippen LogP contribution in [0, 0.1) is 13.8 Å². The third kappa shape index (κ3) is 4.79. The van der Waals surface area contributed by atoms with Crippen LogP contribution in [-0.2, 0) is 0 Å². The molecule has 0 saturated carbocycles. The van der Waals surface area contributed by atoms with Crippen molar-refractivity contribution in [3.63, 3.8) is 0 Å². The molecule has 1 saturated heterocycles. The van der Waals surface area contributed by atoms with E-state index in [-0.39, 0.29) is 0 Å². The van der Waals surface area contributed by atoms with Gasteiger partial charge in [-0.2, -0.15) is 0 Å². The van der Waals surface area contributed by atoms with Gasteiger partial charge in [0.2, 0.25) is 0 Å². The summed E-state index contributed by atoms with van der Waals surface area (Å²) in [5.74, 6) is 2.21. The fraction of sp³-hybridized carbons (Fsp3) is 0.455. The predicted molar refractivity (Wildman–Crippen MR) is 111 cm³/mol. The predicted octanol–water partition coefficient (Wildman–Crippen LogP) is 4.15. The number of piperidine rings is 1. The van der Waals surface area contributed by atoms with E-state index in [0.29, 0.717) is 5.92 Å². The molecule has 27 heavy (non-hydrogen) atoms. The summed E-state index contributed by atoms with van der Waals surface area (Å²) in [5, 5.41) is 7.60. The van der Waals surface area contributed by atoms with Gasteiger partial charge in [0.05, 0.1) is 5.69 Å². The van der Waals surface area contributed by atoms with Gasteiger partial charge >= 0.3 is 0 Å². The number of benzene rings is 1. The second kappa shape index (κ2) is 8.89. The number of aromatic nitrogens is 1. The maximum absolute atomic E-state index is 5.30. The Bertz CT molecular complexity index is 777. The summed E-state index contributed by atoms with van der Waals surface area (Å²) in [4.78, 5) is 6.84. The SMILES string of the molecule is CN=C(NCC(C)c1c(C)noc1C)N1CCC(=Cc2ccccc2)CC1. The van der Waals surface area contributed by atoms with Gasteiger partial charge in [-0.1, -0.05) is 54.1 Å². The van der Waals surface area contributed by atoms with Crippen LogP contribution in [0.1, 0.15) is 48.3 Å². The standard InChI is InChI=1S/C22H30N4O/c1-16(21-17(2)25-27-18(21)3)15-24-22(23-4)26-12-10-20(11-13-26)14-19-8-6-5-7-9-19/h5-9,14,16H,10-13,15H2,1-4H3,(H,23,24). The molecule has 1 aromatic carbocycles. The van der Waals surface area contributed by atoms with Crippen LogP contribution in [0.15, 0.2) is 45.4 Å². The molecule has 5 heteroatoms. The molecule has 1 aromatic heterocycles. The number of hydrogen-bond donors (Lipinski definition) is 1. The van der Waals surface area contributed by atoms with Gasteiger partial charge in [0.1, 0.15) is 5.76 Å². The van der Waals surface area contributed by atoms with E-state index in [4.69, 9.17) is 4.52 Å². The molecule has 0 radical (unpaired) electrons. The molecular formula is C22H30N4O. The van der Waals surface area contributed by atoms with E-state index in [9.17, 15) is 0 Å². The van der Waals surface area contributed by atoms with Crippen LogP contribution in [0.3, 0.4) is 0 Å². The Labute approximate surface area is 162 Å². The number of aliphatic imine (C=N–C) groups is 1. The van der Waals surface area contributed by atoms with Crippen molar-refractivity contribution in [2.24, 2.45) is 4.99 Å². The van der Waals surface area contributed by atoms with Gasteiger partial charge < -0.3 is 14.7 Å². The number of aryl methyl sites for hydroxylation is 2. The summed E-state index contributed by atoms with van der Waals surface area (Å²) in [6.45, 7) is 8.99. The monoisotopic (exact) mass is 366 g/mol. The van der Waals surface area contributed by atoms with Crippen LogP contribution in [0.5, 0.6) is 0 Å². The molecule has 1 N–H and O–H groups in total. The highest BCUT2D eigenvalue weighted by molar-refractivity contribution is 5.80. The third-order valence-corrected chi connectivity index (χ3v) is 5.24. The summed E-state index contributed by atoms with van der Waals surface area (Å²) in [7, 11) is 1.86. The molecule has 1 aliphatic rings. The van der Waals surface area contributed by atoms with Crippen molar-refractivity contribution >= 4 is 12.0 Å². The molecule has 1 fully saturated rings. The average Bonchev–Trinajstić information content (AvgIpc) is 3.02. The van der Waals surface area contributed by atoms with E-state index in [1.165, 1.54) is 16.7 Å². The highest BCUT2D eigenvalue weighted by atomic mass is 16.5. The lowest BCUT2D eigenvalue weighted by molar-refractivity contribution is 0.374. The number of likely N-dealkylation sites (tertiary alicyclic amines) is 1. The fourth-order valence-corrected chi connectivity index (χ4v) is 3.81. The second-order valence-corrected chi connectivity index (χ2v) is 7.27. The molecule has 2 aromatic rings. The van der Waals surface area contributed by atoms with Crippen molar-refractivity contribution in [1.82, 2.24) is 15.4 Å². The number of guanidine groups is 1. The van der Waals surface area contributed by atoms with Crippen LogP contribution in [0.2, 0.25) is 0 Å². The van der Waals surface area contributed by atoms with E-state index in [0.717, 1.165) is 49.9 Å². The van der Waals surface area contributed by atoms with Crippen LogP contribution in [0.25, 0.3) is 6.08 Å². The Hall–Kier alpha value is -2.56. The lowest BCUT2D eigenvalue weighted by atomic mass is 9.99. The summed E-state index contributed by atoms with van der Waals surface area (Å²) in [6, 6.07) is 10.6. The van der Waals surface area contributed by atoms with E-state index in [1.807, 2.05) is 20.9 Å². The molecule has 144 valence electrons. The molecule has 0 spiro atoms. The summed E-state index contributed by atoms with van der Waals surface area (Å²) < 4.78 is 5.30. The minimum atomic E-state index is 0.325. The highest BCUT2D eigenvalue weighted by Gasteiger charge is 2.20. The van der Waals surface area contributed by atoms with Crippen molar-refractivity contribution < 1.29 is 4.52 Å². The maximum atomic E-state index is 5.30. The van der Waals surface area contributed by atoms with E-state index < -0.39 is 0 Å². The molecule has 0 bridgehead atoms. The molecule has 1 aliphatic heterocycles. The average molecular weight is 367 g/mol. The fourth-order valence-electron chi connectivity index (χ4n) is 3.81. The first-order valence-corrected chi connectivity index (χ1v) is 9.71. The van der Waals surface area contributed by atoms with Crippen molar-refractivity contribution in [3.8, 4) is 0 Å². The summed E-state index contributed by atoms with van der Waals surface area (Å²) in [5.41, 5.74) is 4.98. The van der Waals surface area contributed by atoms with Gasteiger partial charge in [-0.15, -0.1) is 0 Å². The largest absolute Gasteiger partial charge is 0.361 e. The number of hydrogen-bond acceptors (Lipinski definition) is 3. The maximum Gasteiger partial charge on any atom is 0.193 e. The zero-order chi connectivity index (χ0) is 19.2. The first kappa shape index (κ1) is 19.2. The molecule has 2 heterocycles. The van der Waals surface area contributed by atoms with E-state index >= 15 is 0 Å². The number of nitrogens with one attached hydrogen (secondary N) is 1.